The highest BCUT2D eigenvalue weighted by atomic mass is 15.1. The number of hydrogen-bond donors (Lipinski definition) is 0. The summed E-state index contributed by atoms with van der Waals surface area (Å²) < 4.78 is 5.12. The van der Waals surface area contributed by atoms with E-state index in [0.717, 1.165) is 0 Å². The Hall–Kier alpha value is -0.790. The molecule has 0 saturated heterocycles. The van der Waals surface area contributed by atoms with Crippen LogP contribution in [0.3, 0.4) is 0 Å². The number of hydrogen-bond acceptors (Lipinski definition) is 0. The molecule has 0 aliphatic carbocycles. The molecule has 0 radical (unpaired) electrons. The van der Waals surface area contributed by atoms with Gasteiger partial charge in [-0.2, -0.15) is 0 Å². The van der Waals surface area contributed by atoms with Gasteiger partial charge in [0.2, 0.25) is 0 Å². The van der Waals surface area contributed by atoms with E-state index in [1.807, 2.05) is 0 Å². The SMILES string of the molecule is CCCCCCCCCCCCCCCCCCCc1n(CCC)cc[n+]1CCCCCCCCCC. The van der Waals surface area contributed by atoms with E-state index in [9.17, 15) is 0 Å². The highest BCUT2D eigenvalue weighted by molar-refractivity contribution is 4.84. The molecular weight excluding hydrogens is 448 g/mol. The molecule has 0 N–H and O–H groups in total. The fraction of sp³-hybridized carbons (Fsp3) is 0.914. The van der Waals surface area contributed by atoms with Crippen molar-refractivity contribution in [2.45, 2.75) is 207 Å². The Morgan fingerprint density at radius 3 is 1.24 bits per heavy atom. The molecule has 0 aromatic carbocycles. The highest BCUT2D eigenvalue weighted by Gasteiger charge is 2.15. The van der Waals surface area contributed by atoms with E-state index in [1.165, 1.54) is 186 Å². The molecule has 1 aromatic rings. The lowest BCUT2D eigenvalue weighted by Gasteiger charge is -2.06. The van der Waals surface area contributed by atoms with Crippen LogP contribution in [0.2, 0.25) is 0 Å². The van der Waals surface area contributed by atoms with Gasteiger partial charge in [-0.05, 0) is 25.7 Å². The van der Waals surface area contributed by atoms with Crippen molar-refractivity contribution in [3.05, 3.63) is 18.2 Å². The molecular formula is C35H69N2+. The Labute approximate surface area is 234 Å². The molecule has 0 spiro atoms. The maximum atomic E-state index is 2.58. The summed E-state index contributed by atoms with van der Waals surface area (Å²) in [7, 11) is 0. The topological polar surface area (TPSA) is 8.81 Å². The fourth-order valence-corrected chi connectivity index (χ4v) is 5.86. The Balaban J connectivity index is 2.03. The van der Waals surface area contributed by atoms with Crippen LogP contribution < -0.4 is 4.57 Å². The molecule has 0 fully saturated rings. The van der Waals surface area contributed by atoms with Crippen molar-refractivity contribution in [2.75, 3.05) is 0 Å². The molecule has 1 aromatic heterocycles. The van der Waals surface area contributed by atoms with E-state index in [1.54, 1.807) is 5.82 Å². The molecule has 0 atom stereocenters. The monoisotopic (exact) mass is 518 g/mol. The van der Waals surface area contributed by atoms with E-state index < -0.39 is 0 Å². The third-order valence-electron chi connectivity index (χ3n) is 8.31. The van der Waals surface area contributed by atoms with Gasteiger partial charge in [0.05, 0.1) is 13.1 Å². The van der Waals surface area contributed by atoms with Gasteiger partial charge >= 0.3 is 0 Å². The highest BCUT2D eigenvalue weighted by Crippen LogP contribution is 2.15. The second kappa shape index (κ2) is 26.8. The molecule has 1 rings (SSSR count). The molecule has 0 aliphatic heterocycles. The van der Waals surface area contributed by atoms with Gasteiger partial charge in [0, 0.05) is 6.42 Å². The van der Waals surface area contributed by atoms with E-state index >= 15 is 0 Å². The number of aromatic nitrogens is 2. The predicted molar refractivity (Wildman–Crippen MR) is 165 cm³/mol. The summed E-state index contributed by atoms with van der Waals surface area (Å²) >= 11 is 0. The Morgan fingerprint density at radius 1 is 0.459 bits per heavy atom. The summed E-state index contributed by atoms with van der Waals surface area (Å²) in [6.07, 6.45) is 43.1. The summed E-state index contributed by atoms with van der Waals surface area (Å²) in [5, 5.41) is 0. The third-order valence-corrected chi connectivity index (χ3v) is 8.31. The molecule has 2 heteroatoms. The van der Waals surface area contributed by atoms with Crippen LogP contribution in [0, 0.1) is 0 Å². The normalized spacial score (nSPS) is 11.5. The first kappa shape index (κ1) is 34.2. The number of imidazole rings is 1. The van der Waals surface area contributed by atoms with Crippen LogP contribution >= 0.6 is 0 Å². The average Bonchev–Trinajstić information content (AvgIpc) is 3.28. The molecule has 0 saturated carbocycles. The lowest BCUT2D eigenvalue weighted by molar-refractivity contribution is -0.704. The first-order valence-corrected chi connectivity index (χ1v) is 17.4. The number of unbranched alkanes of at least 4 members (excludes halogenated alkanes) is 23. The van der Waals surface area contributed by atoms with Crippen molar-refractivity contribution in [1.29, 1.82) is 0 Å². The summed E-state index contributed by atoms with van der Waals surface area (Å²) in [5.41, 5.74) is 0. The fourth-order valence-electron chi connectivity index (χ4n) is 5.86. The molecule has 0 amide bonds. The van der Waals surface area contributed by atoms with Gasteiger partial charge in [0.15, 0.2) is 0 Å². The largest absolute Gasteiger partial charge is 0.256 e. The molecule has 37 heavy (non-hydrogen) atoms. The van der Waals surface area contributed by atoms with Crippen LogP contribution in [-0.2, 0) is 19.5 Å². The van der Waals surface area contributed by atoms with Crippen molar-refractivity contribution >= 4 is 0 Å². The minimum Gasteiger partial charge on any atom is -0.234 e. The van der Waals surface area contributed by atoms with Gasteiger partial charge in [-0.1, -0.05) is 162 Å². The van der Waals surface area contributed by atoms with Crippen molar-refractivity contribution in [3.63, 3.8) is 0 Å². The first-order chi connectivity index (χ1) is 18.3. The van der Waals surface area contributed by atoms with Gasteiger partial charge < -0.3 is 0 Å². The van der Waals surface area contributed by atoms with Gasteiger partial charge in [-0.3, -0.25) is 0 Å². The van der Waals surface area contributed by atoms with E-state index in [-0.39, 0.29) is 0 Å². The second-order valence-electron chi connectivity index (χ2n) is 12.0. The second-order valence-corrected chi connectivity index (χ2v) is 12.0. The van der Waals surface area contributed by atoms with Crippen molar-refractivity contribution in [3.8, 4) is 0 Å². The van der Waals surface area contributed by atoms with Gasteiger partial charge in [-0.25, -0.2) is 9.13 Å². The number of nitrogens with zero attached hydrogens (tertiary/aromatic N) is 2. The minimum absolute atomic E-state index is 1.18. The zero-order valence-corrected chi connectivity index (χ0v) is 26.1. The van der Waals surface area contributed by atoms with Crippen LogP contribution in [0.4, 0.5) is 0 Å². The van der Waals surface area contributed by atoms with Crippen molar-refractivity contribution in [2.24, 2.45) is 0 Å². The van der Waals surface area contributed by atoms with Crippen LogP contribution in [0.15, 0.2) is 12.4 Å². The first-order valence-electron chi connectivity index (χ1n) is 17.4. The zero-order valence-electron chi connectivity index (χ0n) is 26.1. The van der Waals surface area contributed by atoms with E-state index in [0.29, 0.717) is 0 Å². The Kier molecular flexibility index (Phi) is 24.8. The number of aryl methyl sites for hydroxylation is 2. The standard InChI is InChI=1S/C35H69N2/c1-4-7-9-11-13-15-16-17-18-19-20-21-22-23-24-26-28-30-35-36(31-6-3)33-34-37(35)32-29-27-25-14-12-10-8-5-2/h33-34H,4-32H2,1-3H3/q+1. The maximum Gasteiger partial charge on any atom is 0.256 e. The Morgan fingerprint density at radius 2 is 0.838 bits per heavy atom. The van der Waals surface area contributed by atoms with Crippen LogP contribution in [0.1, 0.15) is 194 Å². The lowest BCUT2D eigenvalue weighted by atomic mass is 10.0. The van der Waals surface area contributed by atoms with Crippen LogP contribution in [0.5, 0.6) is 0 Å². The van der Waals surface area contributed by atoms with Crippen molar-refractivity contribution < 1.29 is 4.57 Å². The smallest absolute Gasteiger partial charge is 0.234 e. The summed E-state index contributed by atoms with van der Waals surface area (Å²) in [6, 6.07) is 0. The molecule has 0 aliphatic rings. The molecule has 2 nitrogen and oxygen atoms in total. The number of rotatable bonds is 29. The summed E-state index contributed by atoms with van der Waals surface area (Å²) in [4.78, 5) is 0. The zero-order chi connectivity index (χ0) is 26.7. The minimum atomic E-state index is 1.18. The lowest BCUT2D eigenvalue weighted by Crippen LogP contribution is -2.37. The average molecular weight is 518 g/mol. The van der Waals surface area contributed by atoms with Crippen LogP contribution in [-0.4, -0.2) is 4.57 Å². The van der Waals surface area contributed by atoms with E-state index in [2.05, 4.69) is 42.3 Å². The van der Waals surface area contributed by atoms with Gasteiger partial charge in [-0.15, -0.1) is 0 Å². The van der Waals surface area contributed by atoms with Gasteiger partial charge in [0.25, 0.3) is 5.82 Å². The van der Waals surface area contributed by atoms with Crippen LogP contribution in [0.25, 0.3) is 0 Å². The molecule has 218 valence electrons. The Bertz CT molecular complexity index is 576. The quantitative estimate of drug-likeness (QED) is 0.0737. The maximum absolute atomic E-state index is 2.58. The van der Waals surface area contributed by atoms with Crippen molar-refractivity contribution in [1.82, 2.24) is 4.57 Å². The summed E-state index contributed by atoms with van der Waals surface area (Å²) in [5.74, 6) is 1.59. The van der Waals surface area contributed by atoms with Gasteiger partial charge in [0.1, 0.15) is 12.4 Å². The molecule has 1 heterocycles. The van der Waals surface area contributed by atoms with E-state index in [4.69, 9.17) is 0 Å². The molecule has 0 unspecified atom stereocenters. The molecule has 0 bridgehead atoms. The summed E-state index contributed by atoms with van der Waals surface area (Å²) in [6.45, 7) is 9.32. The predicted octanol–water partition coefficient (Wildman–Crippen LogP) is 11.5. The third kappa shape index (κ3) is 19.9.